The first-order valence-corrected chi connectivity index (χ1v) is 25.9. The minimum atomic E-state index is -1.43. The van der Waals surface area contributed by atoms with E-state index in [1.54, 1.807) is 47.8 Å². The summed E-state index contributed by atoms with van der Waals surface area (Å²) in [5.41, 5.74) is 1.84. The number of aliphatic hydroxyl groups is 2. The van der Waals surface area contributed by atoms with Crippen molar-refractivity contribution in [3.8, 4) is 0 Å². The summed E-state index contributed by atoms with van der Waals surface area (Å²) < 4.78 is 19.1. The van der Waals surface area contributed by atoms with Gasteiger partial charge in [0, 0.05) is 40.0 Å². The molecule has 2 heterocycles. The van der Waals surface area contributed by atoms with Gasteiger partial charge in [-0.3, -0.25) is 33.6 Å². The lowest BCUT2D eigenvalue weighted by molar-refractivity contribution is -0.201. The summed E-state index contributed by atoms with van der Waals surface area (Å²) >= 11 is 4.54. The first-order chi connectivity index (χ1) is 34.1. The van der Waals surface area contributed by atoms with E-state index in [2.05, 4.69) is 49.4 Å². The molecule has 0 spiro atoms. The second kappa shape index (κ2) is 22.1. The molecule has 17 nitrogen and oxygen atoms in total. The number of hydrogen-bond acceptors (Lipinski definition) is 13. The van der Waals surface area contributed by atoms with Gasteiger partial charge in [0.05, 0.1) is 43.8 Å². The third-order valence-electron chi connectivity index (χ3n) is 15.2. The van der Waals surface area contributed by atoms with Crippen molar-refractivity contribution in [1.29, 1.82) is 0 Å². The molecule has 0 radical (unpaired) electrons. The molecule has 71 heavy (non-hydrogen) atoms. The highest BCUT2D eigenvalue weighted by atomic mass is 79.9. The first-order valence-electron chi connectivity index (χ1n) is 23.9. The number of benzene rings is 2. The highest BCUT2D eigenvalue weighted by Gasteiger charge is 2.76. The fraction of sp³-hybridized carbons (Fsp3) is 0.481. The molecular weight excluding hydrogens is 999 g/mol. The zero-order chi connectivity index (χ0) is 50.5. The van der Waals surface area contributed by atoms with Gasteiger partial charge in [-0.25, -0.2) is 0 Å². The van der Waals surface area contributed by atoms with Crippen LogP contribution in [0.4, 0.5) is 0 Å². The van der Waals surface area contributed by atoms with Crippen LogP contribution in [0.3, 0.4) is 0 Å². The van der Waals surface area contributed by atoms with Gasteiger partial charge < -0.3 is 51.0 Å². The lowest BCUT2D eigenvalue weighted by Gasteiger charge is -2.59. The van der Waals surface area contributed by atoms with Crippen molar-refractivity contribution < 1.29 is 58.0 Å². The Hall–Kier alpha value is -5.41. The van der Waals surface area contributed by atoms with Crippen molar-refractivity contribution in [2.75, 3.05) is 38.3 Å². The van der Waals surface area contributed by atoms with Crippen LogP contribution in [0.1, 0.15) is 73.0 Å². The van der Waals surface area contributed by atoms with Crippen molar-refractivity contribution >= 4 is 68.4 Å². The molecule has 1 aliphatic heterocycles. The number of ether oxygens (including phenoxy) is 3. The van der Waals surface area contributed by atoms with Crippen LogP contribution < -0.4 is 26.6 Å². The topological polar surface area (TPSA) is 248 Å². The summed E-state index contributed by atoms with van der Waals surface area (Å²) in [6.45, 7) is 2.41. The highest BCUT2D eigenvalue weighted by Crippen LogP contribution is 2.70. The minimum Gasteiger partial charge on any atom is -0.393 e. The van der Waals surface area contributed by atoms with Crippen LogP contribution in [0.15, 0.2) is 89.8 Å². The Balaban J connectivity index is 0.793. The van der Waals surface area contributed by atoms with E-state index in [1.165, 1.54) is 0 Å². The molecule has 3 saturated carbocycles. The number of Topliss-reactive ketones (excluding diaryl/α,β-unsaturated/α-hetero) is 1. The van der Waals surface area contributed by atoms with Crippen LogP contribution >= 0.6 is 27.3 Å². The van der Waals surface area contributed by atoms with Gasteiger partial charge in [-0.1, -0.05) is 96.0 Å². The van der Waals surface area contributed by atoms with E-state index in [4.69, 9.17) is 14.2 Å². The van der Waals surface area contributed by atoms with Crippen LogP contribution in [-0.2, 0) is 67.2 Å². The Morgan fingerprint density at radius 3 is 2.35 bits per heavy atom. The van der Waals surface area contributed by atoms with E-state index < -0.39 is 89.4 Å². The Morgan fingerprint density at radius 1 is 0.901 bits per heavy atom. The highest BCUT2D eigenvalue weighted by molar-refractivity contribution is 9.09. The molecule has 3 aromatic rings. The summed E-state index contributed by atoms with van der Waals surface area (Å²) in [4.78, 5) is 89.2. The third-order valence-corrected chi connectivity index (χ3v) is 16.6. The molecule has 5 amide bonds. The number of allylic oxidation sites excluding steroid dienone is 4. The number of hydrogen-bond donors (Lipinski definition) is 7. The third kappa shape index (κ3) is 11.0. The van der Waals surface area contributed by atoms with Crippen molar-refractivity contribution in [1.82, 2.24) is 26.6 Å². The number of carbonyl (C=O) groups excluding carboxylic acids is 7. The Morgan fingerprint density at radius 2 is 1.61 bits per heavy atom. The fourth-order valence-corrected chi connectivity index (χ4v) is 12.9. The molecule has 8 rings (SSSR count). The van der Waals surface area contributed by atoms with Gasteiger partial charge in [0.15, 0.2) is 23.5 Å². The van der Waals surface area contributed by atoms with Crippen LogP contribution in [0.25, 0.3) is 0 Å². The summed E-state index contributed by atoms with van der Waals surface area (Å²) in [5, 5.41) is 36.9. The Kier molecular flexibility index (Phi) is 16.2. The first kappa shape index (κ1) is 51.9. The number of rotatable bonds is 20. The molecule has 4 fully saturated rings. The number of aliphatic hydroxyl groups excluding tert-OH is 2. The van der Waals surface area contributed by atoms with E-state index in [1.807, 2.05) is 54.8 Å². The quantitative estimate of drug-likeness (QED) is 0.0491. The van der Waals surface area contributed by atoms with Gasteiger partial charge in [-0.15, -0.1) is 11.3 Å². The van der Waals surface area contributed by atoms with E-state index in [0.29, 0.717) is 19.3 Å². The number of amides is 5. The molecule has 0 bridgehead atoms. The Bertz CT molecular complexity index is 2570. The van der Waals surface area contributed by atoms with Crippen molar-refractivity contribution in [2.24, 2.45) is 28.6 Å². The van der Waals surface area contributed by atoms with Crippen LogP contribution in [0.2, 0.25) is 0 Å². The molecule has 1 saturated heterocycles. The van der Waals surface area contributed by atoms with E-state index in [0.717, 1.165) is 45.5 Å². The van der Waals surface area contributed by atoms with Gasteiger partial charge in [0.1, 0.15) is 19.4 Å². The van der Waals surface area contributed by atoms with Gasteiger partial charge in [-0.2, -0.15) is 0 Å². The average molecular weight is 1060 g/mol. The van der Waals surface area contributed by atoms with E-state index >= 15 is 0 Å². The number of thiophene rings is 1. The van der Waals surface area contributed by atoms with Crippen LogP contribution in [-0.4, -0.2) is 113 Å². The molecule has 7 N–H and O–H groups in total. The summed E-state index contributed by atoms with van der Waals surface area (Å²) in [7, 11) is 0. The minimum absolute atomic E-state index is 0.00336. The van der Waals surface area contributed by atoms with Crippen LogP contribution in [0, 0.1) is 28.6 Å². The number of ketones is 2. The molecule has 1 aromatic heterocycles. The monoisotopic (exact) mass is 1060 g/mol. The molecule has 19 heteroatoms. The van der Waals surface area contributed by atoms with Crippen LogP contribution in [0.5, 0.6) is 0 Å². The lowest BCUT2D eigenvalue weighted by atomic mass is 9.46. The largest absolute Gasteiger partial charge is 0.393 e. The van der Waals surface area contributed by atoms with Crippen molar-refractivity contribution in [3.05, 3.63) is 117 Å². The van der Waals surface area contributed by atoms with Gasteiger partial charge >= 0.3 is 0 Å². The SMILES string of the molecule is C[C@]12C=CC(=O)C=C1CC[C@@H]1[C@@H]2[C@@H](O)C[C@@]2(C)[C@H]1C[C@H]1O[C@@H](c3csc(Cc4ccc(COCNC(=O)CNC(=O)[C@H](Cc5ccccc5)NC(=O)CNC(=O)CNC(=O)CBr)cc4)c3)O[C@]12C(=O)CO. The maximum absolute atomic E-state index is 14.0. The predicted octanol–water partition coefficient (Wildman–Crippen LogP) is 3.00. The summed E-state index contributed by atoms with van der Waals surface area (Å²) in [5.74, 6) is -3.22. The molecule has 2 aromatic carbocycles. The molecular formula is C52H60BrN5O12S. The number of halogens is 1. The smallest absolute Gasteiger partial charge is 0.243 e. The molecule has 0 unspecified atom stereocenters. The van der Waals surface area contributed by atoms with Gasteiger partial charge in [0.2, 0.25) is 29.5 Å². The normalized spacial score (nSPS) is 28.5. The molecule has 378 valence electrons. The van der Waals surface area contributed by atoms with Gasteiger partial charge in [0.25, 0.3) is 0 Å². The van der Waals surface area contributed by atoms with Crippen molar-refractivity contribution in [3.63, 3.8) is 0 Å². The number of nitrogens with one attached hydrogen (secondary N) is 5. The van der Waals surface area contributed by atoms with E-state index in [-0.39, 0.29) is 61.7 Å². The standard InChI is InChI=1S/C52H60BrN5O12S/c1-50-15-14-35(60)19-34(50)12-13-37-38-20-42-52(41(62)26-59,51(38,2)21-40(61)47(37)50)70-49(69-42)33-18-36(71-28-33)16-31-8-10-32(11-9-31)27-68-29-57-45(65)24-56-48(67)39(17-30-6-4-3-5-7-30)58-46(66)25-55-44(64)23-54-43(63)22-53/h3-11,14-15,18-19,28,37-40,42,47,49,59,61H,12-13,16-17,20-27,29H2,1-2H3,(H,54,63)(H,55,64)(H,56,67)(H,57,65)(H,58,66)/t37-,38-,39-,40-,42+,47+,49+,50-,51-,52+/m0/s1. The second-order valence-corrected chi connectivity index (χ2v) is 21.0. The Labute approximate surface area is 424 Å². The number of fused-ring (bicyclic) bond motifs is 7. The average Bonchev–Trinajstić information content (AvgIpc) is 4.06. The molecule has 4 aliphatic carbocycles. The fourth-order valence-electron chi connectivity index (χ4n) is 11.8. The van der Waals surface area contributed by atoms with Gasteiger partial charge in [-0.05, 0) is 77.8 Å². The van der Waals surface area contributed by atoms with E-state index in [9.17, 15) is 43.8 Å². The maximum Gasteiger partial charge on any atom is 0.243 e. The molecule has 5 aliphatic rings. The summed E-state index contributed by atoms with van der Waals surface area (Å²) in [6, 6.07) is 17.8. The zero-order valence-electron chi connectivity index (χ0n) is 39.6. The lowest BCUT2D eigenvalue weighted by Crippen LogP contribution is -2.63. The number of carbonyl (C=O) groups is 7. The predicted molar refractivity (Wildman–Crippen MR) is 263 cm³/mol. The molecule has 10 atom stereocenters. The second-order valence-electron chi connectivity index (χ2n) is 19.5. The summed E-state index contributed by atoms with van der Waals surface area (Å²) in [6.07, 6.45) is 6.27. The number of alkyl halides is 1. The van der Waals surface area contributed by atoms with Crippen molar-refractivity contribution in [2.45, 2.75) is 89.1 Å². The maximum atomic E-state index is 14.0. The zero-order valence-corrected chi connectivity index (χ0v) is 42.0.